The lowest BCUT2D eigenvalue weighted by atomic mass is 10.1. The van der Waals surface area contributed by atoms with Gasteiger partial charge in [-0.3, -0.25) is 4.79 Å². The molecule has 0 atom stereocenters. The fraction of sp³-hybridized carbons (Fsp3) is 0.143. The summed E-state index contributed by atoms with van der Waals surface area (Å²) in [6.45, 7) is 0.545. The number of halogens is 1. The van der Waals surface area contributed by atoms with Gasteiger partial charge in [0.15, 0.2) is 0 Å². The van der Waals surface area contributed by atoms with E-state index in [0.29, 0.717) is 22.9 Å². The molecule has 0 aliphatic carbocycles. The van der Waals surface area contributed by atoms with Crippen LogP contribution in [0.15, 0.2) is 42.6 Å². The number of rotatable bonds is 4. The number of nitrogens with zero attached hydrogens (tertiary/aromatic N) is 1. The molecule has 1 amide bonds. The number of pyridine rings is 1. The first kappa shape index (κ1) is 13.4. The first-order valence-electron chi connectivity index (χ1n) is 5.89. The largest absolute Gasteiger partial charge is 0.384 e. The number of benzene rings is 1. The molecule has 19 heavy (non-hydrogen) atoms. The number of hydrogen-bond donors (Lipinski definition) is 2. The van der Waals surface area contributed by atoms with Gasteiger partial charge in [-0.05, 0) is 36.2 Å². The molecule has 98 valence electrons. The van der Waals surface area contributed by atoms with Crippen LogP contribution in [0, 0.1) is 0 Å². The van der Waals surface area contributed by atoms with Gasteiger partial charge in [-0.1, -0.05) is 23.7 Å². The van der Waals surface area contributed by atoms with Crippen molar-refractivity contribution in [1.82, 2.24) is 10.3 Å². The van der Waals surface area contributed by atoms with E-state index >= 15 is 0 Å². The molecular formula is C14H14ClN3O. The van der Waals surface area contributed by atoms with E-state index in [1.165, 1.54) is 6.20 Å². The lowest BCUT2D eigenvalue weighted by Gasteiger charge is -2.05. The van der Waals surface area contributed by atoms with E-state index in [0.717, 1.165) is 12.0 Å². The number of hydrogen-bond acceptors (Lipinski definition) is 3. The molecule has 1 aromatic heterocycles. The topological polar surface area (TPSA) is 68.0 Å². The molecule has 0 unspecified atom stereocenters. The van der Waals surface area contributed by atoms with Crippen LogP contribution in [0.5, 0.6) is 0 Å². The van der Waals surface area contributed by atoms with Crippen LogP contribution in [0.4, 0.5) is 5.82 Å². The fourth-order valence-electron chi connectivity index (χ4n) is 1.65. The summed E-state index contributed by atoms with van der Waals surface area (Å²) in [4.78, 5) is 15.7. The van der Waals surface area contributed by atoms with Crippen LogP contribution in [-0.4, -0.2) is 17.4 Å². The quantitative estimate of drug-likeness (QED) is 0.900. The summed E-state index contributed by atoms with van der Waals surface area (Å²) in [7, 11) is 0. The van der Waals surface area contributed by atoms with Crippen molar-refractivity contribution in [2.45, 2.75) is 6.42 Å². The zero-order chi connectivity index (χ0) is 13.7. The third-order valence-electron chi connectivity index (χ3n) is 2.64. The first-order chi connectivity index (χ1) is 9.15. The molecule has 0 spiro atoms. The Morgan fingerprint density at radius 1 is 1.32 bits per heavy atom. The van der Waals surface area contributed by atoms with E-state index in [4.69, 9.17) is 17.3 Å². The van der Waals surface area contributed by atoms with E-state index in [9.17, 15) is 4.79 Å². The Morgan fingerprint density at radius 2 is 2.16 bits per heavy atom. The standard InChI is InChI=1S/C14H14ClN3O/c15-12-3-1-2-10(8-12)6-7-17-14(19)11-4-5-13(16)18-9-11/h1-5,8-9H,6-7H2,(H2,16,18)(H,17,19). The normalized spacial score (nSPS) is 10.2. The molecule has 0 saturated heterocycles. The second kappa shape index (κ2) is 6.20. The Morgan fingerprint density at radius 3 is 2.84 bits per heavy atom. The highest BCUT2D eigenvalue weighted by molar-refractivity contribution is 6.30. The third-order valence-corrected chi connectivity index (χ3v) is 2.87. The van der Waals surface area contributed by atoms with Crippen molar-refractivity contribution in [3.8, 4) is 0 Å². The minimum absolute atomic E-state index is 0.158. The number of nitrogens with two attached hydrogens (primary N) is 1. The molecule has 3 N–H and O–H groups in total. The molecule has 1 heterocycles. The zero-order valence-corrected chi connectivity index (χ0v) is 11.0. The Balaban J connectivity index is 1.86. The maximum atomic E-state index is 11.8. The number of aromatic nitrogens is 1. The average molecular weight is 276 g/mol. The van der Waals surface area contributed by atoms with Crippen LogP contribution >= 0.6 is 11.6 Å². The number of carbonyl (C=O) groups excluding carboxylic acids is 1. The van der Waals surface area contributed by atoms with Gasteiger partial charge in [0.2, 0.25) is 0 Å². The number of nitrogens with one attached hydrogen (secondary N) is 1. The van der Waals surface area contributed by atoms with Crippen LogP contribution in [-0.2, 0) is 6.42 Å². The molecule has 2 aromatic rings. The predicted octanol–water partition coefficient (Wildman–Crippen LogP) is 2.29. The number of carbonyl (C=O) groups is 1. The van der Waals surface area contributed by atoms with Gasteiger partial charge in [0.25, 0.3) is 5.91 Å². The number of anilines is 1. The van der Waals surface area contributed by atoms with Crippen LogP contribution in [0.3, 0.4) is 0 Å². The highest BCUT2D eigenvalue weighted by Gasteiger charge is 2.04. The van der Waals surface area contributed by atoms with E-state index < -0.39 is 0 Å². The summed E-state index contributed by atoms with van der Waals surface area (Å²) >= 11 is 5.89. The van der Waals surface area contributed by atoms with Crippen molar-refractivity contribution in [1.29, 1.82) is 0 Å². The molecule has 0 radical (unpaired) electrons. The van der Waals surface area contributed by atoms with E-state index in [-0.39, 0.29) is 5.91 Å². The van der Waals surface area contributed by atoms with Gasteiger partial charge < -0.3 is 11.1 Å². The lowest BCUT2D eigenvalue weighted by molar-refractivity contribution is 0.0954. The average Bonchev–Trinajstić information content (AvgIpc) is 2.39. The third kappa shape index (κ3) is 3.96. The van der Waals surface area contributed by atoms with Gasteiger partial charge in [-0.25, -0.2) is 4.98 Å². The van der Waals surface area contributed by atoms with Crippen molar-refractivity contribution in [2.24, 2.45) is 0 Å². The second-order valence-corrected chi connectivity index (χ2v) is 4.54. The summed E-state index contributed by atoms with van der Waals surface area (Å²) in [5.41, 5.74) is 7.05. The highest BCUT2D eigenvalue weighted by Crippen LogP contribution is 2.10. The summed E-state index contributed by atoms with van der Waals surface area (Å²) in [6, 6.07) is 10.8. The van der Waals surface area contributed by atoms with Crippen molar-refractivity contribution < 1.29 is 4.79 Å². The maximum Gasteiger partial charge on any atom is 0.252 e. The molecule has 0 aliphatic rings. The van der Waals surface area contributed by atoms with Gasteiger partial charge in [0, 0.05) is 17.8 Å². The zero-order valence-electron chi connectivity index (χ0n) is 10.3. The van der Waals surface area contributed by atoms with Crippen LogP contribution in [0.25, 0.3) is 0 Å². The van der Waals surface area contributed by atoms with Crippen molar-refractivity contribution in [3.05, 3.63) is 58.7 Å². The van der Waals surface area contributed by atoms with Crippen molar-refractivity contribution in [3.63, 3.8) is 0 Å². The van der Waals surface area contributed by atoms with E-state index in [1.807, 2.05) is 24.3 Å². The highest BCUT2D eigenvalue weighted by atomic mass is 35.5. The Labute approximate surface area is 116 Å². The van der Waals surface area contributed by atoms with Gasteiger partial charge in [-0.15, -0.1) is 0 Å². The number of amides is 1. The smallest absolute Gasteiger partial charge is 0.252 e. The van der Waals surface area contributed by atoms with E-state index in [2.05, 4.69) is 10.3 Å². The van der Waals surface area contributed by atoms with Crippen LogP contribution in [0.1, 0.15) is 15.9 Å². The van der Waals surface area contributed by atoms with Crippen molar-refractivity contribution in [2.75, 3.05) is 12.3 Å². The Kier molecular flexibility index (Phi) is 4.36. The molecule has 0 bridgehead atoms. The van der Waals surface area contributed by atoms with Gasteiger partial charge in [0.05, 0.1) is 5.56 Å². The molecule has 4 nitrogen and oxygen atoms in total. The monoisotopic (exact) mass is 275 g/mol. The first-order valence-corrected chi connectivity index (χ1v) is 6.27. The number of nitrogen functional groups attached to an aromatic ring is 1. The summed E-state index contributed by atoms with van der Waals surface area (Å²) in [5, 5.41) is 3.52. The molecule has 0 fully saturated rings. The van der Waals surface area contributed by atoms with Gasteiger partial charge >= 0.3 is 0 Å². The molecule has 1 aromatic carbocycles. The minimum Gasteiger partial charge on any atom is -0.384 e. The Bertz CT molecular complexity index is 569. The second-order valence-electron chi connectivity index (χ2n) is 4.11. The Hall–Kier alpha value is -2.07. The van der Waals surface area contributed by atoms with Gasteiger partial charge in [0.1, 0.15) is 5.82 Å². The molecule has 0 aliphatic heterocycles. The van der Waals surface area contributed by atoms with Crippen LogP contribution in [0.2, 0.25) is 5.02 Å². The molecule has 5 heteroatoms. The van der Waals surface area contributed by atoms with Crippen LogP contribution < -0.4 is 11.1 Å². The molecule has 2 rings (SSSR count). The summed E-state index contributed by atoms with van der Waals surface area (Å²) < 4.78 is 0. The summed E-state index contributed by atoms with van der Waals surface area (Å²) in [6.07, 6.45) is 2.19. The molecular weight excluding hydrogens is 262 g/mol. The van der Waals surface area contributed by atoms with Gasteiger partial charge in [-0.2, -0.15) is 0 Å². The summed E-state index contributed by atoms with van der Waals surface area (Å²) in [5.74, 6) is 0.241. The maximum absolute atomic E-state index is 11.8. The lowest BCUT2D eigenvalue weighted by Crippen LogP contribution is -2.25. The minimum atomic E-state index is -0.158. The molecule has 0 saturated carbocycles. The SMILES string of the molecule is Nc1ccc(C(=O)NCCc2cccc(Cl)c2)cn1. The fourth-order valence-corrected chi connectivity index (χ4v) is 1.87. The van der Waals surface area contributed by atoms with E-state index in [1.54, 1.807) is 12.1 Å². The van der Waals surface area contributed by atoms with Crippen molar-refractivity contribution >= 4 is 23.3 Å². The predicted molar refractivity (Wildman–Crippen MR) is 76.1 cm³/mol.